The zero-order valence-electron chi connectivity index (χ0n) is 9.71. The summed E-state index contributed by atoms with van der Waals surface area (Å²) in [5, 5.41) is 2.76. The van der Waals surface area contributed by atoms with E-state index >= 15 is 0 Å². The molecule has 1 aliphatic carbocycles. The molecule has 0 spiro atoms. The molecule has 0 atom stereocenters. The Labute approximate surface area is 101 Å². The van der Waals surface area contributed by atoms with E-state index in [0.29, 0.717) is 6.54 Å². The number of hydrogen-bond acceptors (Lipinski definition) is 1. The summed E-state index contributed by atoms with van der Waals surface area (Å²) < 4.78 is 13.3. The van der Waals surface area contributed by atoms with Crippen LogP contribution in [0.15, 0.2) is 35.9 Å². The summed E-state index contributed by atoms with van der Waals surface area (Å²) in [5.41, 5.74) is 1.37. The summed E-state index contributed by atoms with van der Waals surface area (Å²) in [6.45, 7) is 0.535. The van der Waals surface area contributed by atoms with Gasteiger partial charge in [-0.3, -0.25) is 4.79 Å². The van der Waals surface area contributed by atoms with Gasteiger partial charge in [0.05, 0.1) is 5.56 Å². The van der Waals surface area contributed by atoms with Crippen LogP contribution in [0.2, 0.25) is 0 Å². The highest BCUT2D eigenvalue weighted by atomic mass is 19.1. The van der Waals surface area contributed by atoms with Crippen LogP contribution in [0.5, 0.6) is 0 Å². The number of allylic oxidation sites excluding steroid dienone is 1. The Balaban J connectivity index is 1.93. The van der Waals surface area contributed by atoms with Crippen molar-refractivity contribution in [2.45, 2.75) is 25.7 Å². The minimum atomic E-state index is -0.470. The van der Waals surface area contributed by atoms with Crippen molar-refractivity contribution in [3.05, 3.63) is 47.3 Å². The summed E-state index contributed by atoms with van der Waals surface area (Å²) in [7, 11) is 0. The van der Waals surface area contributed by atoms with Gasteiger partial charge in [0, 0.05) is 6.54 Å². The van der Waals surface area contributed by atoms with Crippen LogP contribution in [0.1, 0.15) is 36.0 Å². The van der Waals surface area contributed by atoms with Crippen molar-refractivity contribution in [3.63, 3.8) is 0 Å². The van der Waals surface area contributed by atoms with Crippen molar-refractivity contribution in [1.29, 1.82) is 0 Å². The number of hydrogen-bond donors (Lipinski definition) is 1. The smallest absolute Gasteiger partial charge is 0.254 e. The van der Waals surface area contributed by atoms with Gasteiger partial charge in [-0.25, -0.2) is 4.39 Å². The van der Waals surface area contributed by atoms with Crippen LogP contribution in [0.25, 0.3) is 0 Å². The minimum Gasteiger partial charge on any atom is -0.348 e. The first kappa shape index (κ1) is 11.8. The van der Waals surface area contributed by atoms with E-state index in [1.54, 1.807) is 12.1 Å². The van der Waals surface area contributed by atoms with E-state index in [9.17, 15) is 9.18 Å². The van der Waals surface area contributed by atoms with E-state index in [1.807, 2.05) is 0 Å². The Bertz CT molecular complexity index is 440. The maximum Gasteiger partial charge on any atom is 0.254 e. The Morgan fingerprint density at radius 3 is 2.82 bits per heavy atom. The molecule has 90 valence electrons. The number of benzene rings is 1. The van der Waals surface area contributed by atoms with Gasteiger partial charge in [0.1, 0.15) is 5.82 Å². The summed E-state index contributed by atoms with van der Waals surface area (Å²) in [6.07, 6.45) is 6.71. The van der Waals surface area contributed by atoms with E-state index in [-0.39, 0.29) is 11.5 Å². The van der Waals surface area contributed by atoms with Gasteiger partial charge in [0.25, 0.3) is 5.91 Å². The van der Waals surface area contributed by atoms with Crippen LogP contribution in [-0.2, 0) is 0 Å². The second kappa shape index (κ2) is 5.62. The number of carbonyl (C=O) groups is 1. The first-order valence-corrected chi connectivity index (χ1v) is 5.98. The average Bonchev–Trinajstić information content (AvgIpc) is 2.38. The zero-order chi connectivity index (χ0) is 12.1. The molecule has 17 heavy (non-hydrogen) atoms. The topological polar surface area (TPSA) is 29.1 Å². The second-order valence-corrected chi connectivity index (χ2v) is 4.27. The average molecular weight is 233 g/mol. The van der Waals surface area contributed by atoms with Crippen molar-refractivity contribution in [2.24, 2.45) is 0 Å². The van der Waals surface area contributed by atoms with Crippen LogP contribution in [0.3, 0.4) is 0 Å². The Hall–Kier alpha value is -1.64. The first-order valence-electron chi connectivity index (χ1n) is 5.98. The van der Waals surface area contributed by atoms with Gasteiger partial charge in [-0.15, -0.1) is 0 Å². The molecule has 0 aliphatic heterocycles. The molecule has 1 N–H and O–H groups in total. The fraction of sp³-hybridized carbons (Fsp3) is 0.357. The molecule has 1 aromatic carbocycles. The largest absolute Gasteiger partial charge is 0.348 e. The summed E-state index contributed by atoms with van der Waals surface area (Å²) in [6, 6.07) is 6.04. The van der Waals surface area contributed by atoms with Crippen LogP contribution in [0.4, 0.5) is 4.39 Å². The van der Waals surface area contributed by atoms with Crippen molar-refractivity contribution >= 4 is 5.91 Å². The third-order valence-corrected chi connectivity index (χ3v) is 2.98. The standard InChI is InChI=1S/C14H16FNO/c15-13-9-5-4-8-12(13)14(17)16-10-11-6-2-1-3-7-11/h4-6,8-9H,1-3,7,10H2,(H,16,17). The molecular formula is C14H16FNO. The molecule has 0 bridgehead atoms. The van der Waals surface area contributed by atoms with Gasteiger partial charge in [-0.2, -0.15) is 0 Å². The third-order valence-electron chi connectivity index (χ3n) is 2.98. The fourth-order valence-corrected chi connectivity index (χ4v) is 2.00. The van der Waals surface area contributed by atoms with Gasteiger partial charge in [0.15, 0.2) is 0 Å². The van der Waals surface area contributed by atoms with Gasteiger partial charge in [-0.05, 0) is 37.8 Å². The number of amides is 1. The minimum absolute atomic E-state index is 0.115. The summed E-state index contributed by atoms with van der Waals surface area (Å²) in [5.74, 6) is -0.808. The van der Waals surface area contributed by atoms with Crippen LogP contribution in [0, 0.1) is 5.82 Å². The lowest BCUT2D eigenvalue weighted by Crippen LogP contribution is -2.26. The van der Waals surface area contributed by atoms with Crippen LogP contribution < -0.4 is 5.32 Å². The van der Waals surface area contributed by atoms with Crippen molar-refractivity contribution in [2.75, 3.05) is 6.54 Å². The predicted octanol–water partition coefficient (Wildman–Crippen LogP) is 3.06. The van der Waals surface area contributed by atoms with Crippen molar-refractivity contribution in [1.82, 2.24) is 5.32 Å². The lowest BCUT2D eigenvalue weighted by molar-refractivity contribution is 0.0952. The molecule has 0 aromatic heterocycles. The monoisotopic (exact) mass is 233 g/mol. The number of halogens is 1. The van der Waals surface area contributed by atoms with E-state index in [4.69, 9.17) is 0 Å². The molecule has 0 saturated heterocycles. The Kier molecular flexibility index (Phi) is 3.91. The predicted molar refractivity (Wildman–Crippen MR) is 65.3 cm³/mol. The van der Waals surface area contributed by atoms with Gasteiger partial charge < -0.3 is 5.32 Å². The quantitative estimate of drug-likeness (QED) is 0.799. The highest BCUT2D eigenvalue weighted by Gasteiger charge is 2.11. The number of nitrogens with one attached hydrogen (secondary N) is 1. The van der Waals surface area contributed by atoms with Crippen molar-refractivity contribution in [3.8, 4) is 0 Å². The fourth-order valence-electron chi connectivity index (χ4n) is 2.00. The molecule has 2 nitrogen and oxygen atoms in total. The molecule has 1 amide bonds. The van der Waals surface area contributed by atoms with E-state index in [2.05, 4.69) is 11.4 Å². The molecule has 1 aliphatic rings. The van der Waals surface area contributed by atoms with Crippen molar-refractivity contribution < 1.29 is 9.18 Å². The molecular weight excluding hydrogens is 217 g/mol. The van der Waals surface area contributed by atoms with Crippen LogP contribution >= 0.6 is 0 Å². The Morgan fingerprint density at radius 1 is 1.29 bits per heavy atom. The maximum atomic E-state index is 13.3. The number of rotatable bonds is 3. The number of carbonyl (C=O) groups excluding carboxylic acids is 1. The molecule has 2 rings (SSSR count). The lowest BCUT2D eigenvalue weighted by atomic mass is 9.99. The highest BCUT2D eigenvalue weighted by Crippen LogP contribution is 2.16. The SMILES string of the molecule is O=C(NCC1=CCCCC1)c1ccccc1F. The molecule has 0 fully saturated rings. The van der Waals surface area contributed by atoms with Gasteiger partial charge >= 0.3 is 0 Å². The molecule has 0 saturated carbocycles. The normalized spacial score (nSPS) is 15.2. The third kappa shape index (κ3) is 3.16. The van der Waals surface area contributed by atoms with E-state index < -0.39 is 5.82 Å². The molecule has 0 unspecified atom stereocenters. The van der Waals surface area contributed by atoms with E-state index in [0.717, 1.165) is 12.8 Å². The molecule has 3 heteroatoms. The molecule has 0 heterocycles. The van der Waals surface area contributed by atoms with Gasteiger partial charge in [-0.1, -0.05) is 23.8 Å². The summed E-state index contributed by atoms with van der Waals surface area (Å²) in [4.78, 5) is 11.7. The maximum absolute atomic E-state index is 13.3. The molecule has 0 radical (unpaired) electrons. The second-order valence-electron chi connectivity index (χ2n) is 4.27. The highest BCUT2D eigenvalue weighted by molar-refractivity contribution is 5.94. The molecule has 1 aromatic rings. The lowest BCUT2D eigenvalue weighted by Gasteiger charge is -2.13. The Morgan fingerprint density at radius 2 is 2.12 bits per heavy atom. The van der Waals surface area contributed by atoms with E-state index in [1.165, 1.54) is 30.5 Å². The van der Waals surface area contributed by atoms with Crippen LogP contribution in [-0.4, -0.2) is 12.5 Å². The summed E-state index contributed by atoms with van der Waals surface area (Å²) >= 11 is 0. The van der Waals surface area contributed by atoms with Gasteiger partial charge in [0.2, 0.25) is 0 Å². The zero-order valence-corrected chi connectivity index (χ0v) is 9.71. The first-order chi connectivity index (χ1) is 8.27.